The van der Waals surface area contributed by atoms with E-state index in [1.54, 1.807) is 0 Å². The van der Waals surface area contributed by atoms with E-state index in [1.807, 2.05) is 30.4 Å². The van der Waals surface area contributed by atoms with Gasteiger partial charge in [-0.15, -0.1) is 0 Å². The summed E-state index contributed by atoms with van der Waals surface area (Å²) in [5, 5.41) is 9.53. The van der Waals surface area contributed by atoms with E-state index in [0.29, 0.717) is 11.8 Å². The van der Waals surface area contributed by atoms with E-state index in [-0.39, 0.29) is 0 Å². The standard InChI is InChI=1S/C11H18O2S2/c1-11(10(12)13,8-2-4-14-6-8)9-3-5-15-7-9/h8-9H,2-7H2,1H3,(H,12,13). The summed E-state index contributed by atoms with van der Waals surface area (Å²) in [6.45, 7) is 1.99. The van der Waals surface area contributed by atoms with Crippen molar-refractivity contribution in [2.45, 2.75) is 19.8 Å². The molecule has 2 atom stereocenters. The van der Waals surface area contributed by atoms with Crippen LogP contribution in [0.3, 0.4) is 0 Å². The van der Waals surface area contributed by atoms with Crippen molar-refractivity contribution < 1.29 is 9.90 Å². The first kappa shape index (κ1) is 11.6. The Morgan fingerprint density at radius 3 is 1.93 bits per heavy atom. The third kappa shape index (κ3) is 2.03. The van der Waals surface area contributed by atoms with Crippen LogP contribution in [0.25, 0.3) is 0 Å². The highest BCUT2D eigenvalue weighted by atomic mass is 32.2. The molecule has 0 aromatic carbocycles. The summed E-state index contributed by atoms with van der Waals surface area (Å²) in [5.41, 5.74) is -0.465. The Labute approximate surface area is 99.6 Å². The molecule has 2 fully saturated rings. The van der Waals surface area contributed by atoms with Gasteiger partial charge in [0.1, 0.15) is 0 Å². The Kier molecular flexibility index (Phi) is 3.56. The first-order valence-corrected chi connectivity index (χ1v) is 7.85. The largest absolute Gasteiger partial charge is 0.481 e. The van der Waals surface area contributed by atoms with Crippen LogP contribution in [0.5, 0.6) is 0 Å². The molecule has 0 aromatic rings. The molecule has 0 aliphatic carbocycles. The van der Waals surface area contributed by atoms with Gasteiger partial charge in [-0.3, -0.25) is 4.79 Å². The van der Waals surface area contributed by atoms with Gasteiger partial charge in [0.25, 0.3) is 0 Å². The zero-order chi connectivity index (χ0) is 10.9. The van der Waals surface area contributed by atoms with Crippen molar-refractivity contribution in [3.05, 3.63) is 0 Å². The molecule has 0 spiro atoms. The van der Waals surface area contributed by atoms with Crippen LogP contribution >= 0.6 is 23.5 Å². The molecule has 0 radical (unpaired) electrons. The highest BCUT2D eigenvalue weighted by Crippen LogP contribution is 2.48. The van der Waals surface area contributed by atoms with Crippen LogP contribution in [-0.2, 0) is 4.79 Å². The second-order valence-corrected chi connectivity index (χ2v) is 7.01. The normalized spacial score (nSPS) is 35.3. The molecule has 2 nitrogen and oxygen atoms in total. The van der Waals surface area contributed by atoms with Crippen molar-refractivity contribution in [3.8, 4) is 0 Å². The first-order valence-electron chi connectivity index (χ1n) is 5.54. The fraction of sp³-hybridized carbons (Fsp3) is 0.909. The van der Waals surface area contributed by atoms with E-state index < -0.39 is 11.4 Å². The van der Waals surface area contributed by atoms with Crippen LogP contribution in [0, 0.1) is 17.3 Å². The summed E-state index contributed by atoms with van der Waals surface area (Å²) in [6.07, 6.45) is 2.18. The van der Waals surface area contributed by atoms with Gasteiger partial charge < -0.3 is 5.11 Å². The number of rotatable bonds is 3. The van der Waals surface area contributed by atoms with Crippen molar-refractivity contribution in [3.63, 3.8) is 0 Å². The molecule has 15 heavy (non-hydrogen) atoms. The van der Waals surface area contributed by atoms with E-state index in [9.17, 15) is 9.90 Å². The van der Waals surface area contributed by atoms with E-state index in [4.69, 9.17) is 0 Å². The zero-order valence-corrected chi connectivity index (χ0v) is 10.7. The summed E-state index contributed by atoms with van der Waals surface area (Å²) in [5.74, 6) is 4.60. The number of carboxylic acid groups (broad SMARTS) is 1. The minimum atomic E-state index is -0.567. The number of hydrogen-bond donors (Lipinski definition) is 1. The summed E-state index contributed by atoms with van der Waals surface area (Å²) in [7, 11) is 0. The fourth-order valence-electron chi connectivity index (χ4n) is 2.70. The second-order valence-electron chi connectivity index (χ2n) is 4.71. The smallest absolute Gasteiger partial charge is 0.309 e. The summed E-state index contributed by atoms with van der Waals surface area (Å²) in [4.78, 5) is 11.6. The van der Waals surface area contributed by atoms with Crippen LogP contribution in [-0.4, -0.2) is 34.1 Å². The second kappa shape index (κ2) is 4.58. The quantitative estimate of drug-likeness (QED) is 0.830. The third-order valence-electron chi connectivity index (χ3n) is 4.02. The van der Waals surface area contributed by atoms with Gasteiger partial charge >= 0.3 is 5.97 Å². The number of carbonyl (C=O) groups is 1. The van der Waals surface area contributed by atoms with E-state index >= 15 is 0 Å². The van der Waals surface area contributed by atoms with Gasteiger partial charge in [-0.2, -0.15) is 23.5 Å². The van der Waals surface area contributed by atoms with Crippen LogP contribution in [0.4, 0.5) is 0 Å². The van der Waals surface area contributed by atoms with E-state index in [2.05, 4.69) is 0 Å². The van der Waals surface area contributed by atoms with Crippen molar-refractivity contribution in [2.24, 2.45) is 17.3 Å². The van der Waals surface area contributed by atoms with Crippen molar-refractivity contribution in [1.82, 2.24) is 0 Å². The van der Waals surface area contributed by atoms with Crippen molar-refractivity contribution in [1.29, 1.82) is 0 Å². The Hall–Kier alpha value is 0.170. The number of aliphatic carboxylic acids is 1. The highest BCUT2D eigenvalue weighted by molar-refractivity contribution is 7.99. The molecule has 0 saturated carbocycles. The topological polar surface area (TPSA) is 37.3 Å². The zero-order valence-electron chi connectivity index (χ0n) is 9.07. The molecule has 2 aliphatic heterocycles. The van der Waals surface area contributed by atoms with E-state index in [0.717, 1.165) is 35.9 Å². The van der Waals surface area contributed by atoms with Crippen LogP contribution in [0.1, 0.15) is 19.8 Å². The lowest BCUT2D eigenvalue weighted by molar-refractivity contribution is -0.154. The Morgan fingerprint density at radius 1 is 1.20 bits per heavy atom. The lowest BCUT2D eigenvalue weighted by atomic mass is 9.67. The third-order valence-corrected chi connectivity index (χ3v) is 6.34. The minimum absolute atomic E-state index is 0.392. The monoisotopic (exact) mass is 246 g/mol. The predicted octanol–water partition coefficient (Wildman–Crippen LogP) is 2.58. The lowest BCUT2D eigenvalue weighted by Crippen LogP contribution is -2.43. The first-order chi connectivity index (χ1) is 7.15. The maximum atomic E-state index is 11.6. The Morgan fingerprint density at radius 2 is 1.67 bits per heavy atom. The molecule has 0 aromatic heterocycles. The molecule has 2 rings (SSSR count). The molecule has 0 amide bonds. The molecule has 1 N–H and O–H groups in total. The van der Waals surface area contributed by atoms with Crippen molar-refractivity contribution >= 4 is 29.5 Å². The average molecular weight is 246 g/mol. The number of hydrogen-bond acceptors (Lipinski definition) is 3. The highest BCUT2D eigenvalue weighted by Gasteiger charge is 2.49. The Balaban J connectivity index is 2.17. The molecule has 0 bridgehead atoms. The van der Waals surface area contributed by atoms with Crippen LogP contribution in [0.2, 0.25) is 0 Å². The molecule has 86 valence electrons. The van der Waals surface area contributed by atoms with Gasteiger partial charge in [-0.25, -0.2) is 0 Å². The molecule has 2 aliphatic rings. The van der Waals surface area contributed by atoms with Gasteiger partial charge in [-0.1, -0.05) is 0 Å². The molecular formula is C11H18O2S2. The summed E-state index contributed by atoms with van der Waals surface area (Å²) in [6, 6.07) is 0. The van der Waals surface area contributed by atoms with Crippen molar-refractivity contribution in [2.75, 3.05) is 23.0 Å². The SMILES string of the molecule is CC(C(=O)O)(C1CCSC1)C1CCSC1. The lowest BCUT2D eigenvalue weighted by Gasteiger charge is -2.36. The fourth-order valence-corrected chi connectivity index (χ4v) is 5.53. The molecule has 4 heteroatoms. The Bertz CT molecular complexity index is 227. The molecule has 2 heterocycles. The molecule has 2 saturated heterocycles. The van der Waals surface area contributed by atoms with Gasteiger partial charge in [0, 0.05) is 0 Å². The average Bonchev–Trinajstić information content (AvgIpc) is 2.89. The number of carboxylic acids is 1. The van der Waals surface area contributed by atoms with Gasteiger partial charge in [0.15, 0.2) is 0 Å². The van der Waals surface area contributed by atoms with Gasteiger partial charge in [-0.05, 0) is 54.6 Å². The summed E-state index contributed by atoms with van der Waals surface area (Å²) >= 11 is 3.83. The maximum Gasteiger partial charge on any atom is 0.309 e. The van der Waals surface area contributed by atoms with E-state index in [1.165, 1.54) is 0 Å². The van der Waals surface area contributed by atoms with Gasteiger partial charge in [0.2, 0.25) is 0 Å². The van der Waals surface area contributed by atoms with Gasteiger partial charge in [0.05, 0.1) is 5.41 Å². The van der Waals surface area contributed by atoms with Crippen LogP contribution < -0.4 is 0 Å². The predicted molar refractivity (Wildman–Crippen MR) is 66.6 cm³/mol. The van der Waals surface area contributed by atoms with Crippen LogP contribution in [0.15, 0.2) is 0 Å². The minimum Gasteiger partial charge on any atom is -0.481 e. The molecular weight excluding hydrogens is 228 g/mol. The summed E-state index contributed by atoms with van der Waals surface area (Å²) < 4.78 is 0. The number of thioether (sulfide) groups is 2. The maximum absolute atomic E-state index is 11.6. The molecule has 2 unspecified atom stereocenters.